The van der Waals surface area contributed by atoms with Crippen molar-refractivity contribution in [1.82, 2.24) is 4.98 Å². The van der Waals surface area contributed by atoms with Gasteiger partial charge in [-0.3, -0.25) is 0 Å². The van der Waals surface area contributed by atoms with E-state index in [1.165, 1.54) is 33.6 Å². The minimum Gasteiger partial charge on any atom is -0.358 e. The van der Waals surface area contributed by atoms with Crippen molar-refractivity contribution in [3.63, 3.8) is 0 Å². The Labute approximate surface area is 143 Å². The molecule has 2 aromatic rings. The molecule has 0 radical (unpaired) electrons. The molecule has 4 rings (SSSR count). The summed E-state index contributed by atoms with van der Waals surface area (Å²) in [7, 11) is 2.20. The van der Waals surface area contributed by atoms with Crippen LogP contribution in [0, 0.1) is 18.3 Å². The van der Waals surface area contributed by atoms with Gasteiger partial charge in [0.25, 0.3) is 0 Å². The van der Waals surface area contributed by atoms with Crippen molar-refractivity contribution in [1.29, 1.82) is 0 Å². The van der Waals surface area contributed by atoms with Crippen LogP contribution in [0.1, 0.15) is 31.5 Å². The zero-order valence-corrected chi connectivity index (χ0v) is 14.9. The lowest BCUT2D eigenvalue weighted by Gasteiger charge is -2.23. The van der Waals surface area contributed by atoms with E-state index in [1.54, 1.807) is 0 Å². The fourth-order valence-electron chi connectivity index (χ4n) is 4.38. The van der Waals surface area contributed by atoms with Crippen LogP contribution in [-0.2, 0) is 0 Å². The molecule has 1 aliphatic carbocycles. The second kappa shape index (κ2) is 5.34. The van der Waals surface area contributed by atoms with Crippen LogP contribution >= 0.6 is 0 Å². The summed E-state index contributed by atoms with van der Waals surface area (Å²) in [6, 6.07) is 8.53. The van der Waals surface area contributed by atoms with Gasteiger partial charge >= 0.3 is 0 Å². The summed E-state index contributed by atoms with van der Waals surface area (Å²) in [6.07, 6.45) is 12.5. The molecule has 122 valence electrons. The van der Waals surface area contributed by atoms with Crippen LogP contribution in [0.2, 0.25) is 0 Å². The molecular formula is C22H25N2+. The van der Waals surface area contributed by atoms with Gasteiger partial charge in [-0.2, -0.15) is 0 Å². The highest BCUT2D eigenvalue weighted by atomic mass is 15.0. The Balaban J connectivity index is 1.79. The molecule has 2 heteroatoms. The number of para-hydroxylation sites is 1. The van der Waals surface area contributed by atoms with Crippen LogP contribution in [0.5, 0.6) is 0 Å². The second-order valence-corrected chi connectivity index (χ2v) is 7.52. The maximum atomic E-state index is 3.49. The van der Waals surface area contributed by atoms with Crippen molar-refractivity contribution in [2.75, 3.05) is 7.05 Å². The van der Waals surface area contributed by atoms with Gasteiger partial charge < -0.3 is 4.98 Å². The Kier molecular flexibility index (Phi) is 3.38. The SMILES string of the molecule is Cc1[nH]c2ccccc2c1C=CC1=[N+](C)C2=CC=CCC2C1(C)C. The largest absolute Gasteiger partial charge is 0.358 e. The Morgan fingerprint density at radius 1 is 1.21 bits per heavy atom. The first-order valence-electron chi connectivity index (χ1n) is 8.73. The highest BCUT2D eigenvalue weighted by Crippen LogP contribution is 2.44. The van der Waals surface area contributed by atoms with Crippen molar-refractivity contribution in [3.05, 3.63) is 65.5 Å². The van der Waals surface area contributed by atoms with E-state index in [0.717, 1.165) is 6.42 Å². The number of nitrogens with one attached hydrogen (secondary N) is 1. The minimum absolute atomic E-state index is 0.155. The Bertz CT molecular complexity index is 932. The molecule has 2 nitrogen and oxygen atoms in total. The first-order chi connectivity index (χ1) is 11.5. The number of aryl methyl sites for hydroxylation is 1. The molecule has 2 heterocycles. The number of aromatic amines is 1. The summed E-state index contributed by atoms with van der Waals surface area (Å²) in [5, 5.41) is 1.30. The molecule has 0 spiro atoms. The van der Waals surface area contributed by atoms with Gasteiger partial charge in [-0.1, -0.05) is 30.4 Å². The van der Waals surface area contributed by atoms with E-state index >= 15 is 0 Å². The number of rotatable bonds is 2. The fraction of sp³-hybridized carbons (Fsp3) is 0.318. The third-order valence-corrected chi connectivity index (χ3v) is 5.76. The second-order valence-electron chi connectivity index (χ2n) is 7.52. The summed E-state index contributed by atoms with van der Waals surface area (Å²) in [5.41, 5.74) is 6.72. The van der Waals surface area contributed by atoms with E-state index in [9.17, 15) is 0 Å². The predicted octanol–water partition coefficient (Wildman–Crippen LogP) is 5.07. The van der Waals surface area contributed by atoms with Crippen molar-refractivity contribution >= 4 is 22.7 Å². The summed E-state index contributed by atoms with van der Waals surface area (Å²) >= 11 is 0. The predicted molar refractivity (Wildman–Crippen MR) is 102 cm³/mol. The number of allylic oxidation sites excluding steroid dienone is 5. The van der Waals surface area contributed by atoms with Gasteiger partial charge in [-0.15, -0.1) is 0 Å². The maximum absolute atomic E-state index is 3.49. The fourth-order valence-corrected chi connectivity index (χ4v) is 4.38. The smallest absolute Gasteiger partial charge is 0.187 e. The Hall–Kier alpha value is -2.35. The monoisotopic (exact) mass is 317 g/mol. The number of hydrogen-bond acceptors (Lipinski definition) is 0. The van der Waals surface area contributed by atoms with Crippen LogP contribution in [-0.4, -0.2) is 22.3 Å². The lowest BCUT2D eigenvalue weighted by molar-refractivity contribution is -0.441. The maximum Gasteiger partial charge on any atom is 0.187 e. The summed E-state index contributed by atoms with van der Waals surface area (Å²) in [4.78, 5) is 3.49. The van der Waals surface area contributed by atoms with Gasteiger partial charge in [-0.25, -0.2) is 4.58 Å². The zero-order valence-electron chi connectivity index (χ0n) is 14.9. The number of nitrogens with zero attached hydrogens (tertiary/aromatic N) is 1. The zero-order chi connectivity index (χ0) is 16.9. The van der Waals surface area contributed by atoms with Gasteiger partial charge in [0.15, 0.2) is 11.4 Å². The average molecular weight is 317 g/mol. The van der Waals surface area contributed by atoms with Gasteiger partial charge in [0, 0.05) is 34.3 Å². The highest BCUT2D eigenvalue weighted by Gasteiger charge is 2.49. The molecule has 0 saturated carbocycles. The number of benzene rings is 1. The number of hydrogen-bond donors (Lipinski definition) is 1. The average Bonchev–Trinajstić information content (AvgIpc) is 2.99. The molecule has 1 aromatic heterocycles. The van der Waals surface area contributed by atoms with E-state index in [2.05, 4.69) is 92.0 Å². The van der Waals surface area contributed by atoms with E-state index in [0.29, 0.717) is 5.92 Å². The lowest BCUT2D eigenvalue weighted by atomic mass is 9.73. The molecule has 1 atom stereocenters. The summed E-state index contributed by atoms with van der Waals surface area (Å²) in [6.45, 7) is 6.89. The third-order valence-electron chi connectivity index (χ3n) is 5.76. The van der Waals surface area contributed by atoms with Gasteiger partial charge in [-0.05, 0) is 39.3 Å². The van der Waals surface area contributed by atoms with Gasteiger partial charge in [0.2, 0.25) is 0 Å². The van der Waals surface area contributed by atoms with E-state index in [1.807, 2.05) is 0 Å². The third kappa shape index (κ3) is 2.13. The number of aromatic nitrogens is 1. The van der Waals surface area contributed by atoms with Crippen molar-refractivity contribution in [2.24, 2.45) is 11.3 Å². The molecule has 1 aliphatic heterocycles. The first kappa shape index (κ1) is 15.2. The highest BCUT2D eigenvalue weighted by molar-refractivity contribution is 6.02. The Morgan fingerprint density at radius 2 is 2.00 bits per heavy atom. The molecule has 0 fully saturated rings. The minimum atomic E-state index is 0.155. The van der Waals surface area contributed by atoms with Crippen molar-refractivity contribution in [3.8, 4) is 0 Å². The van der Waals surface area contributed by atoms with Crippen LogP contribution < -0.4 is 0 Å². The normalized spacial score (nSPS) is 22.5. The lowest BCUT2D eigenvalue weighted by Crippen LogP contribution is -2.27. The standard InChI is InChI=1S/C22H24N2/c1-15-16(17-9-5-7-11-19(17)23-15)13-14-21-22(2,3)18-10-6-8-12-20(18)24(21)4/h5-9,11-14,18H,10H2,1-4H3/p+1. The van der Waals surface area contributed by atoms with Crippen LogP contribution in [0.3, 0.4) is 0 Å². The van der Waals surface area contributed by atoms with Gasteiger partial charge in [0.05, 0.1) is 11.3 Å². The molecule has 2 aliphatic rings. The molecule has 1 N–H and O–H groups in total. The number of fused-ring (bicyclic) bond motifs is 2. The molecule has 0 bridgehead atoms. The Morgan fingerprint density at radius 3 is 2.79 bits per heavy atom. The summed E-state index contributed by atoms with van der Waals surface area (Å²) in [5.74, 6) is 0.580. The van der Waals surface area contributed by atoms with E-state index in [4.69, 9.17) is 0 Å². The summed E-state index contributed by atoms with van der Waals surface area (Å²) < 4.78 is 2.38. The van der Waals surface area contributed by atoms with Crippen molar-refractivity contribution < 1.29 is 4.58 Å². The molecule has 0 amide bonds. The molecule has 24 heavy (non-hydrogen) atoms. The van der Waals surface area contributed by atoms with E-state index < -0.39 is 0 Å². The van der Waals surface area contributed by atoms with Gasteiger partial charge in [0.1, 0.15) is 7.05 Å². The topological polar surface area (TPSA) is 18.8 Å². The molecule has 1 unspecified atom stereocenters. The molecular weight excluding hydrogens is 292 g/mol. The molecule has 0 saturated heterocycles. The van der Waals surface area contributed by atoms with Crippen LogP contribution in [0.25, 0.3) is 17.0 Å². The van der Waals surface area contributed by atoms with E-state index in [-0.39, 0.29) is 5.41 Å². The van der Waals surface area contributed by atoms with Crippen LogP contribution in [0.15, 0.2) is 54.3 Å². The van der Waals surface area contributed by atoms with Crippen LogP contribution in [0.4, 0.5) is 0 Å². The number of H-pyrrole nitrogens is 1. The van der Waals surface area contributed by atoms with Crippen molar-refractivity contribution in [2.45, 2.75) is 27.2 Å². The quantitative estimate of drug-likeness (QED) is 0.746. The molecule has 1 aromatic carbocycles. The first-order valence-corrected chi connectivity index (χ1v) is 8.73.